The number of hydrogen-bond acceptors (Lipinski definition) is 0. The van der Waals surface area contributed by atoms with Crippen LogP contribution in [0, 0.1) is 29.3 Å². The smallest absolute Gasteiger partial charge is 0.203 e. The summed E-state index contributed by atoms with van der Waals surface area (Å²) in [6.45, 7) is 0.993. The highest BCUT2D eigenvalue weighted by Gasteiger charge is 2.36. The summed E-state index contributed by atoms with van der Waals surface area (Å²) in [5.74, 6) is -12.3. The highest BCUT2D eigenvalue weighted by atomic mass is 19.3. The molecule has 0 fully saturated rings. The van der Waals surface area contributed by atoms with E-state index in [0.29, 0.717) is 0 Å². The first-order chi connectivity index (χ1) is 6.81. The second kappa shape index (κ2) is 3.75. The molecule has 1 aromatic rings. The largest absolute Gasteiger partial charge is 0.276 e. The SMILES string of the molecule is CCC(F)(F)c1[c]c(F)c(F)c(F)c1F. The maximum absolute atomic E-state index is 12.9. The van der Waals surface area contributed by atoms with Gasteiger partial charge in [-0.1, -0.05) is 6.92 Å². The van der Waals surface area contributed by atoms with Gasteiger partial charge in [0.1, 0.15) is 0 Å². The van der Waals surface area contributed by atoms with Gasteiger partial charge in [-0.2, -0.15) is 0 Å². The van der Waals surface area contributed by atoms with Crippen LogP contribution in [0.1, 0.15) is 18.9 Å². The molecular weight excluding hydrogens is 222 g/mol. The minimum atomic E-state index is -3.78. The van der Waals surface area contributed by atoms with Gasteiger partial charge in [0.2, 0.25) is 0 Å². The highest BCUT2D eigenvalue weighted by Crippen LogP contribution is 2.34. The normalized spacial score (nSPS) is 11.9. The summed E-state index contributed by atoms with van der Waals surface area (Å²) in [6, 6.07) is 1.17. The van der Waals surface area contributed by atoms with Crippen molar-refractivity contribution in [2.75, 3.05) is 0 Å². The molecule has 0 N–H and O–H groups in total. The lowest BCUT2D eigenvalue weighted by molar-refractivity contribution is -0.0132. The molecule has 0 saturated heterocycles. The molecule has 1 radical (unpaired) electrons. The van der Waals surface area contributed by atoms with Gasteiger partial charge in [-0.15, -0.1) is 0 Å². The molecule has 0 atom stereocenters. The molecule has 0 bridgehead atoms. The maximum atomic E-state index is 12.9. The van der Waals surface area contributed by atoms with Crippen LogP contribution in [-0.2, 0) is 5.92 Å². The zero-order valence-corrected chi connectivity index (χ0v) is 7.47. The second-order valence-electron chi connectivity index (χ2n) is 2.81. The third-order valence-electron chi connectivity index (χ3n) is 1.84. The van der Waals surface area contributed by atoms with Crippen molar-refractivity contribution in [3.8, 4) is 0 Å². The van der Waals surface area contributed by atoms with Gasteiger partial charge >= 0.3 is 0 Å². The first kappa shape index (κ1) is 11.9. The Kier molecular flexibility index (Phi) is 2.97. The third-order valence-corrected chi connectivity index (χ3v) is 1.84. The van der Waals surface area contributed by atoms with Crippen LogP contribution in [-0.4, -0.2) is 0 Å². The molecule has 15 heavy (non-hydrogen) atoms. The average Bonchev–Trinajstić information content (AvgIpc) is 2.20. The predicted octanol–water partition coefficient (Wildman–Crippen LogP) is 3.54. The van der Waals surface area contributed by atoms with Crippen molar-refractivity contribution >= 4 is 0 Å². The van der Waals surface area contributed by atoms with Crippen LogP contribution in [0.25, 0.3) is 0 Å². The fourth-order valence-corrected chi connectivity index (χ4v) is 0.951. The van der Waals surface area contributed by atoms with Gasteiger partial charge in [0.25, 0.3) is 5.92 Å². The number of halogens is 6. The van der Waals surface area contributed by atoms with Crippen molar-refractivity contribution < 1.29 is 26.3 Å². The molecule has 1 aromatic carbocycles. The van der Waals surface area contributed by atoms with Crippen molar-refractivity contribution in [2.45, 2.75) is 19.3 Å². The predicted molar refractivity (Wildman–Crippen MR) is 39.3 cm³/mol. The zero-order chi connectivity index (χ0) is 11.8. The van der Waals surface area contributed by atoms with Crippen LogP contribution in [0.5, 0.6) is 0 Å². The molecule has 0 saturated carbocycles. The van der Waals surface area contributed by atoms with Crippen LogP contribution in [0.2, 0.25) is 0 Å². The van der Waals surface area contributed by atoms with Crippen molar-refractivity contribution in [3.05, 3.63) is 34.9 Å². The van der Waals surface area contributed by atoms with Crippen LogP contribution in [0.4, 0.5) is 26.3 Å². The van der Waals surface area contributed by atoms with E-state index in [0.717, 1.165) is 6.92 Å². The summed E-state index contributed by atoms with van der Waals surface area (Å²) >= 11 is 0. The number of alkyl halides is 2. The Morgan fingerprint density at radius 3 is 2.00 bits per heavy atom. The van der Waals surface area contributed by atoms with E-state index in [2.05, 4.69) is 0 Å². The lowest BCUT2D eigenvalue weighted by atomic mass is 10.0. The fraction of sp³-hybridized carbons (Fsp3) is 0.333. The minimum Gasteiger partial charge on any atom is -0.203 e. The summed E-state index contributed by atoms with van der Waals surface area (Å²) in [5.41, 5.74) is -1.60. The summed E-state index contributed by atoms with van der Waals surface area (Å²) in [7, 11) is 0. The Balaban J connectivity index is 3.45. The summed E-state index contributed by atoms with van der Waals surface area (Å²) in [5, 5.41) is 0. The molecular formula is C9H5F6. The summed E-state index contributed by atoms with van der Waals surface area (Å²) < 4.78 is 76.1. The summed E-state index contributed by atoms with van der Waals surface area (Å²) in [4.78, 5) is 0. The quantitative estimate of drug-likeness (QED) is 0.411. The highest BCUT2D eigenvalue weighted by molar-refractivity contribution is 5.24. The second-order valence-corrected chi connectivity index (χ2v) is 2.81. The Hall–Kier alpha value is -1.20. The molecule has 6 heteroatoms. The molecule has 0 aliphatic carbocycles. The van der Waals surface area contributed by atoms with E-state index in [1.807, 2.05) is 0 Å². The van der Waals surface area contributed by atoms with Gasteiger partial charge in [0, 0.05) is 12.5 Å². The van der Waals surface area contributed by atoms with E-state index in [-0.39, 0.29) is 0 Å². The topological polar surface area (TPSA) is 0 Å². The molecule has 0 unspecified atom stereocenters. The monoisotopic (exact) mass is 227 g/mol. The van der Waals surface area contributed by atoms with Crippen molar-refractivity contribution in [1.29, 1.82) is 0 Å². The molecule has 0 heterocycles. The lowest BCUT2D eigenvalue weighted by Gasteiger charge is -2.15. The molecule has 0 nitrogen and oxygen atoms in total. The van der Waals surface area contributed by atoms with Crippen molar-refractivity contribution in [1.82, 2.24) is 0 Å². The fourth-order valence-electron chi connectivity index (χ4n) is 0.951. The van der Waals surface area contributed by atoms with Crippen molar-refractivity contribution in [2.24, 2.45) is 0 Å². The van der Waals surface area contributed by atoms with E-state index in [9.17, 15) is 26.3 Å². The van der Waals surface area contributed by atoms with Gasteiger partial charge in [-0.3, -0.25) is 0 Å². The molecule has 1 rings (SSSR count). The standard InChI is InChI=1S/C9H5F6/c1-2-9(14,15)4-3-5(10)7(12)8(13)6(4)11/h2H2,1H3. The van der Waals surface area contributed by atoms with Crippen molar-refractivity contribution in [3.63, 3.8) is 0 Å². The Morgan fingerprint density at radius 1 is 1.00 bits per heavy atom. The van der Waals surface area contributed by atoms with Crippen LogP contribution >= 0.6 is 0 Å². The molecule has 0 aliphatic rings. The molecule has 83 valence electrons. The molecule has 0 spiro atoms. The molecule has 0 aromatic heterocycles. The first-order valence-electron chi connectivity index (χ1n) is 3.94. The Labute approximate surface area is 81.5 Å². The van der Waals surface area contributed by atoms with Crippen LogP contribution in [0.15, 0.2) is 0 Å². The lowest BCUT2D eigenvalue weighted by Crippen LogP contribution is -2.17. The van der Waals surface area contributed by atoms with E-state index >= 15 is 0 Å². The zero-order valence-electron chi connectivity index (χ0n) is 7.47. The number of rotatable bonds is 2. The third kappa shape index (κ3) is 1.93. The molecule has 0 aliphatic heterocycles. The minimum absolute atomic E-state index is 0.870. The van der Waals surface area contributed by atoms with E-state index in [1.165, 1.54) is 6.07 Å². The number of benzene rings is 1. The van der Waals surface area contributed by atoms with Crippen LogP contribution < -0.4 is 0 Å². The van der Waals surface area contributed by atoms with E-state index < -0.39 is 41.2 Å². The van der Waals surface area contributed by atoms with E-state index in [1.54, 1.807) is 0 Å². The van der Waals surface area contributed by atoms with Gasteiger partial charge in [-0.25, -0.2) is 26.3 Å². The van der Waals surface area contributed by atoms with Gasteiger partial charge in [0.15, 0.2) is 23.3 Å². The molecule has 0 amide bonds. The Morgan fingerprint density at radius 2 is 1.53 bits per heavy atom. The average molecular weight is 227 g/mol. The Bertz CT molecular complexity index is 385. The summed E-state index contributed by atoms with van der Waals surface area (Å²) in [6.07, 6.45) is -0.870. The maximum Gasteiger partial charge on any atom is 0.276 e. The van der Waals surface area contributed by atoms with Gasteiger partial charge in [0.05, 0.1) is 5.56 Å². The van der Waals surface area contributed by atoms with Gasteiger partial charge in [-0.05, 0) is 0 Å². The van der Waals surface area contributed by atoms with E-state index in [4.69, 9.17) is 0 Å². The van der Waals surface area contributed by atoms with Crippen LogP contribution in [0.3, 0.4) is 0 Å². The first-order valence-corrected chi connectivity index (χ1v) is 3.94. The number of hydrogen-bond donors (Lipinski definition) is 0. The van der Waals surface area contributed by atoms with Gasteiger partial charge < -0.3 is 0 Å².